The smallest absolute Gasteiger partial charge is 0.227 e. The van der Waals surface area contributed by atoms with Gasteiger partial charge in [-0.1, -0.05) is 23.7 Å². The number of carbonyl (C=O) groups excluding carboxylic acids is 1. The standard InChI is InChI=1S/C18H26ClN3O3S/c1-26(24,25)22-8-2-3-16(14-22)18(23)21-11-9-20(10-12-21)13-15-4-6-17(19)7-5-15/h4-7,16H,2-3,8-14H2,1H3. The van der Waals surface area contributed by atoms with Gasteiger partial charge in [-0.3, -0.25) is 9.69 Å². The van der Waals surface area contributed by atoms with E-state index in [1.165, 1.54) is 16.1 Å². The molecule has 8 heteroatoms. The first kappa shape index (κ1) is 19.6. The first-order chi connectivity index (χ1) is 12.3. The lowest BCUT2D eigenvalue weighted by Gasteiger charge is -2.38. The van der Waals surface area contributed by atoms with E-state index in [2.05, 4.69) is 4.90 Å². The fourth-order valence-corrected chi connectivity index (χ4v) is 4.72. The quantitative estimate of drug-likeness (QED) is 0.772. The van der Waals surface area contributed by atoms with Gasteiger partial charge in [0.25, 0.3) is 0 Å². The maximum atomic E-state index is 12.8. The average Bonchev–Trinajstić information content (AvgIpc) is 2.63. The van der Waals surface area contributed by atoms with Gasteiger partial charge in [0.15, 0.2) is 0 Å². The number of benzene rings is 1. The Labute approximate surface area is 160 Å². The van der Waals surface area contributed by atoms with Gasteiger partial charge in [0.1, 0.15) is 0 Å². The van der Waals surface area contributed by atoms with Crippen molar-refractivity contribution in [3.8, 4) is 0 Å². The van der Waals surface area contributed by atoms with Crippen LogP contribution in [0.1, 0.15) is 18.4 Å². The Morgan fingerprint density at radius 3 is 2.38 bits per heavy atom. The molecule has 144 valence electrons. The van der Waals surface area contributed by atoms with Crippen LogP contribution >= 0.6 is 11.6 Å². The van der Waals surface area contributed by atoms with Gasteiger partial charge in [-0.15, -0.1) is 0 Å². The summed E-state index contributed by atoms with van der Waals surface area (Å²) in [7, 11) is -3.22. The second-order valence-electron chi connectivity index (χ2n) is 7.19. The summed E-state index contributed by atoms with van der Waals surface area (Å²) in [6, 6.07) is 7.85. The minimum absolute atomic E-state index is 0.101. The van der Waals surface area contributed by atoms with E-state index < -0.39 is 10.0 Å². The Bertz CT molecular complexity index is 731. The molecular formula is C18H26ClN3O3S. The van der Waals surface area contributed by atoms with E-state index in [9.17, 15) is 13.2 Å². The van der Waals surface area contributed by atoms with Crippen molar-refractivity contribution < 1.29 is 13.2 Å². The minimum atomic E-state index is -3.22. The van der Waals surface area contributed by atoms with Gasteiger partial charge in [0, 0.05) is 50.8 Å². The molecule has 0 N–H and O–H groups in total. The SMILES string of the molecule is CS(=O)(=O)N1CCCC(C(=O)N2CCN(Cc3ccc(Cl)cc3)CC2)C1. The second kappa shape index (κ2) is 8.25. The van der Waals surface area contributed by atoms with Crippen molar-refractivity contribution in [2.75, 3.05) is 45.5 Å². The third-order valence-corrected chi connectivity index (χ3v) is 6.73. The molecule has 1 unspecified atom stereocenters. The predicted octanol–water partition coefficient (Wildman–Crippen LogP) is 1.66. The molecule has 6 nitrogen and oxygen atoms in total. The molecule has 1 aromatic carbocycles. The maximum absolute atomic E-state index is 12.8. The molecule has 0 radical (unpaired) electrons. The lowest BCUT2D eigenvalue weighted by atomic mass is 9.97. The molecule has 0 aliphatic carbocycles. The van der Waals surface area contributed by atoms with Crippen LogP contribution in [0.4, 0.5) is 0 Å². The molecule has 2 aliphatic heterocycles. The summed E-state index contributed by atoms with van der Waals surface area (Å²) in [6.07, 6.45) is 2.74. The zero-order valence-electron chi connectivity index (χ0n) is 15.1. The van der Waals surface area contributed by atoms with Crippen molar-refractivity contribution in [3.05, 3.63) is 34.9 Å². The highest BCUT2D eigenvalue weighted by Crippen LogP contribution is 2.22. The third-order valence-electron chi connectivity index (χ3n) is 5.21. The molecule has 0 bridgehead atoms. The predicted molar refractivity (Wildman–Crippen MR) is 102 cm³/mol. The molecule has 2 aliphatic rings. The summed E-state index contributed by atoms with van der Waals surface area (Å²) in [5, 5.41) is 0.736. The Hall–Kier alpha value is -1.15. The molecule has 1 aromatic rings. The molecule has 2 fully saturated rings. The highest BCUT2D eigenvalue weighted by atomic mass is 35.5. The Morgan fingerprint density at radius 2 is 1.77 bits per heavy atom. The lowest BCUT2D eigenvalue weighted by Crippen LogP contribution is -2.52. The maximum Gasteiger partial charge on any atom is 0.227 e. The van der Waals surface area contributed by atoms with Crippen molar-refractivity contribution in [3.63, 3.8) is 0 Å². The highest BCUT2D eigenvalue weighted by Gasteiger charge is 2.33. The van der Waals surface area contributed by atoms with Crippen LogP contribution < -0.4 is 0 Å². The summed E-state index contributed by atoms with van der Waals surface area (Å²) in [5.41, 5.74) is 1.21. The fourth-order valence-electron chi connectivity index (χ4n) is 3.68. The van der Waals surface area contributed by atoms with E-state index >= 15 is 0 Å². The van der Waals surface area contributed by atoms with E-state index in [0.717, 1.165) is 37.5 Å². The number of piperazine rings is 1. The Kier molecular flexibility index (Phi) is 6.22. The summed E-state index contributed by atoms with van der Waals surface area (Å²) in [5.74, 6) is -0.106. The zero-order chi connectivity index (χ0) is 18.7. The van der Waals surface area contributed by atoms with Crippen molar-refractivity contribution in [2.24, 2.45) is 5.92 Å². The Morgan fingerprint density at radius 1 is 1.12 bits per heavy atom. The topological polar surface area (TPSA) is 60.9 Å². The Balaban J connectivity index is 1.51. The number of hydrogen-bond donors (Lipinski definition) is 0. The van der Waals surface area contributed by atoms with Gasteiger partial charge in [-0.25, -0.2) is 12.7 Å². The molecule has 26 heavy (non-hydrogen) atoms. The van der Waals surface area contributed by atoms with Gasteiger partial charge in [-0.2, -0.15) is 0 Å². The highest BCUT2D eigenvalue weighted by molar-refractivity contribution is 7.88. The van der Waals surface area contributed by atoms with Crippen LogP contribution in [0.15, 0.2) is 24.3 Å². The summed E-state index contributed by atoms with van der Waals surface area (Å²) in [6.45, 7) is 4.75. The van der Waals surface area contributed by atoms with Crippen LogP contribution in [0.25, 0.3) is 0 Å². The first-order valence-electron chi connectivity index (χ1n) is 9.03. The summed E-state index contributed by atoms with van der Waals surface area (Å²) >= 11 is 5.92. The van der Waals surface area contributed by atoms with E-state index in [4.69, 9.17) is 11.6 Å². The number of sulfonamides is 1. The normalized spacial score (nSPS) is 23.2. The number of hydrogen-bond acceptors (Lipinski definition) is 4. The van der Waals surface area contributed by atoms with Crippen LogP contribution in [0, 0.1) is 5.92 Å². The molecule has 2 saturated heterocycles. The molecule has 0 aromatic heterocycles. The molecule has 2 heterocycles. The van der Waals surface area contributed by atoms with Crippen LogP contribution in [0.3, 0.4) is 0 Å². The molecule has 1 atom stereocenters. The first-order valence-corrected chi connectivity index (χ1v) is 11.3. The summed E-state index contributed by atoms with van der Waals surface area (Å²) in [4.78, 5) is 17.0. The van der Waals surface area contributed by atoms with E-state index in [-0.39, 0.29) is 11.8 Å². The van der Waals surface area contributed by atoms with Gasteiger partial charge >= 0.3 is 0 Å². The van der Waals surface area contributed by atoms with Crippen molar-refractivity contribution in [1.82, 2.24) is 14.1 Å². The number of carbonyl (C=O) groups is 1. The van der Waals surface area contributed by atoms with Crippen LogP contribution in [0.2, 0.25) is 5.02 Å². The lowest BCUT2D eigenvalue weighted by molar-refractivity contribution is -0.138. The molecule has 3 rings (SSSR count). The molecule has 0 spiro atoms. The largest absolute Gasteiger partial charge is 0.340 e. The van der Waals surface area contributed by atoms with Crippen molar-refractivity contribution in [1.29, 1.82) is 0 Å². The molecular weight excluding hydrogens is 374 g/mol. The molecule has 0 saturated carbocycles. The van der Waals surface area contributed by atoms with Crippen LogP contribution in [-0.2, 0) is 21.4 Å². The van der Waals surface area contributed by atoms with E-state index in [0.29, 0.717) is 26.2 Å². The number of rotatable bonds is 4. The minimum Gasteiger partial charge on any atom is -0.340 e. The monoisotopic (exact) mass is 399 g/mol. The summed E-state index contributed by atoms with van der Waals surface area (Å²) < 4.78 is 24.9. The van der Waals surface area contributed by atoms with Crippen LogP contribution in [-0.4, -0.2) is 74.0 Å². The second-order valence-corrected chi connectivity index (χ2v) is 9.61. The van der Waals surface area contributed by atoms with Gasteiger partial charge < -0.3 is 4.90 Å². The average molecular weight is 400 g/mol. The van der Waals surface area contributed by atoms with E-state index in [1.807, 2.05) is 29.2 Å². The fraction of sp³-hybridized carbons (Fsp3) is 0.611. The number of nitrogens with zero attached hydrogens (tertiary/aromatic N) is 3. The van der Waals surface area contributed by atoms with Gasteiger partial charge in [-0.05, 0) is 30.5 Å². The third kappa shape index (κ3) is 4.97. The zero-order valence-corrected chi connectivity index (χ0v) is 16.7. The number of halogens is 1. The van der Waals surface area contributed by atoms with Gasteiger partial charge in [0.2, 0.25) is 15.9 Å². The van der Waals surface area contributed by atoms with Crippen molar-refractivity contribution in [2.45, 2.75) is 19.4 Å². The van der Waals surface area contributed by atoms with E-state index in [1.54, 1.807) is 0 Å². The van der Waals surface area contributed by atoms with Crippen molar-refractivity contribution >= 4 is 27.5 Å². The number of amides is 1. The van der Waals surface area contributed by atoms with Gasteiger partial charge in [0.05, 0.1) is 12.2 Å². The van der Waals surface area contributed by atoms with Crippen LogP contribution in [0.5, 0.6) is 0 Å². The molecule has 1 amide bonds. The number of piperidine rings is 1.